The Morgan fingerprint density at radius 1 is 1.45 bits per heavy atom. The van der Waals surface area contributed by atoms with Crippen molar-refractivity contribution in [2.75, 3.05) is 19.5 Å². The molecule has 1 heterocycles. The molecule has 0 spiro atoms. The number of amides is 1. The molecule has 1 amide bonds. The zero-order chi connectivity index (χ0) is 14.8. The van der Waals surface area contributed by atoms with Crippen LogP contribution < -0.4 is 15.8 Å². The van der Waals surface area contributed by atoms with Gasteiger partial charge in [0.1, 0.15) is 5.75 Å². The standard InChI is InChI=1S/C15H22N2O3/c1-15(2)9-12(4-5-20-15)17-14(18)10-6-11(16)8-13(7-10)19-3/h6-8,12H,4-5,9,16H2,1-3H3,(H,17,18). The minimum Gasteiger partial charge on any atom is -0.497 e. The first kappa shape index (κ1) is 14.7. The van der Waals surface area contributed by atoms with E-state index in [1.54, 1.807) is 25.3 Å². The van der Waals surface area contributed by atoms with Crippen LogP contribution >= 0.6 is 0 Å². The molecule has 1 unspecified atom stereocenters. The molecule has 1 aliphatic heterocycles. The highest BCUT2D eigenvalue weighted by Gasteiger charge is 2.29. The molecular weight excluding hydrogens is 256 g/mol. The lowest BCUT2D eigenvalue weighted by Crippen LogP contribution is -2.45. The average molecular weight is 278 g/mol. The molecule has 1 aliphatic rings. The van der Waals surface area contributed by atoms with E-state index in [9.17, 15) is 4.79 Å². The molecule has 5 nitrogen and oxygen atoms in total. The zero-order valence-corrected chi connectivity index (χ0v) is 12.2. The van der Waals surface area contributed by atoms with Crippen LogP contribution in [0.25, 0.3) is 0 Å². The Bertz CT molecular complexity index is 500. The maximum atomic E-state index is 12.3. The number of carbonyl (C=O) groups excluding carboxylic acids is 1. The lowest BCUT2D eigenvalue weighted by atomic mass is 9.93. The summed E-state index contributed by atoms with van der Waals surface area (Å²) in [5.74, 6) is 0.459. The predicted molar refractivity (Wildman–Crippen MR) is 77.9 cm³/mol. The first-order valence-corrected chi connectivity index (χ1v) is 6.79. The molecule has 1 aromatic carbocycles. The van der Waals surface area contributed by atoms with Crippen molar-refractivity contribution in [2.45, 2.75) is 38.3 Å². The first-order chi connectivity index (χ1) is 9.39. The monoisotopic (exact) mass is 278 g/mol. The molecule has 0 aliphatic carbocycles. The summed E-state index contributed by atoms with van der Waals surface area (Å²) < 4.78 is 10.8. The van der Waals surface area contributed by atoms with E-state index in [-0.39, 0.29) is 17.6 Å². The van der Waals surface area contributed by atoms with Gasteiger partial charge in [0.05, 0.1) is 12.7 Å². The van der Waals surface area contributed by atoms with Crippen LogP contribution in [0.2, 0.25) is 0 Å². The van der Waals surface area contributed by atoms with E-state index in [1.165, 1.54) is 0 Å². The van der Waals surface area contributed by atoms with Crippen LogP contribution in [0.4, 0.5) is 5.69 Å². The number of rotatable bonds is 3. The molecule has 0 saturated carbocycles. The second-order valence-corrected chi connectivity index (χ2v) is 5.77. The van der Waals surface area contributed by atoms with E-state index >= 15 is 0 Å². The van der Waals surface area contributed by atoms with Gasteiger partial charge in [0, 0.05) is 30.0 Å². The molecular formula is C15H22N2O3. The number of hydrogen-bond donors (Lipinski definition) is 2. The quantitative estimate of drug-likeness (QED) is 0.829. The Labute approximate surface area is 119 Å². The van der Waals surface area contributed by atoms with Gasteiger partial charge in [-0.25, -0.2) is 0 Å². The fourth-order valence-corrected chi connectivity index (χ4v) is 2.49. The summed E-state index contributed by atoms with van der Waals surface area (Å²) in [5.41, 5.74) is 6.61. The van der Waals surface area contributed by atoms with E-state index in [1.807, 2.05) is 13.8 Å². The largest absolute Gasteiger partial charge is 0.497 e. The number of anilines is 1. The van der Waals surface area contributed by atoms with Crippen molar-refractivity contribution in [3.63, 3.8) is 0 Å². The predicted octanol–water partition coefficient (Wildman–Crippen LogP) is 1.96. The number of nitrogen functional groups attached to an aromatic ring is 1. The van der Waals surface area contributed by atoms with Crippen LogP contribution in [0.1, 0.15) is 37.0 Å². The third kappa shape index (κ3) is 3.63. The van der Waals surface area contributed by atoms with E-state index in [4.69, 9.17) is 15.2 Å². The Morgan fingerprint density at radius 2 is 2.20 bits per heavy atom. The van der Waals surface area contributed by atoms with Crippen LogP contribution in [0.3, 0.4) is 0 Å². The fraction of sp³-hybridized carbons (Fsp3) is 0.533. The van der Waals surface area contributed by atoms with Gasteiger partial charge in [-0.15, -0.1) is 0 Å². The van der Waals surface area contributed by atoms with Gasteiger partial charge in [-0.1, -0.05) is 0 Å². The third-order valence-electron chi connectivity index (χ3n) is 3.46. The molecule has 0 bridgehead atoms. The van der Waals surface area contributed by atoms with Crippen molar-refractivity contribution >= 4 is 11.6 Å². The van der Waals surface area contributed by atoms with Crippen molar-refractivity contribution in [1.82, 2.24) is 5.32 Å². The molecule has 3 N–H and O–H groups in total. The lowest BCUT2D eigenvalue weighted by molar-refractivity contribution is -0.0615. The van der Waals surface area contributed by atoms with Gasteiger partial charge in [-0.3, -0.25) is 4.79 Å². The molecule has 2 rings (SSSR count). The van der Waals surface area contributed by atoms with Gasteiger partial charge in [-0.2, -0.15) is 0 Å². The lowest BCUT2D eigenvalue weighted by Gasteiger charge is -2.35. The number of nitrogens with two attached hydrogens (primary N) is 1. The van der Waals surface area contributed by atoms with Gasteiger partial charge < -0.3 is 20.5 Å². The maximum Gasteiger partial charge on any atom is 0.251 e. The molecule has 1 saturated heterocycles. The molecule has 20 heavy (non-hydrogen) atoms. The summed E-state index contributed by atoms with van der Waals surface area (Å²) in [6.45, 7) is 4.74. The maximum absolute atomic E-state index is 12.3. The Kier molecular flexibility index (Phi) is 4.18. The minimum absolute atomic E-state index is 0.124. The summed E-state index contributed by atoms with van der Waals surface area (Å²) in [7, 11) is 1.55. The van der Waals surface area contributed by atoms with Gasteiger partial charge in [0.25, 0.3) is 5.91 Å². The van der Waals surface area contributed by atoms with Crippen LogP contribution in [-0.2, 0) is 4.74 Å². The van der Waals surface area contributed by atoms with E-state index in [2.05, 4.69) is 5.32 Å². The number of ether oxygens (including phenoxy) is 2. The summed E-state index contributed by atoms with van der Waals surface area (Å²) in [6.07, 6.45) is 1.63. The Morgan fingerprint density at radius 3 is 2.85 bits per heavy atom. The van der Waals surface area contributed by atoms with Crippen LogP contribution in [0.5, 0.6) is 5.75 Å². The summed E-state index contributed by atoms with van der Waals surface area (Å²) in [5, 5.41) is 3.04. The van der Waals surface area contributed by atoms with Gasteiger partial charge in [0.15, 0.2) is 0 Å². The van der Waals surface area contributed by atoms with Crippen molar-refractivity contribution < 1.29 is 14.3 Å². The molecule has 5 heteroatoms. The van der Waals surface area contributed by atoms with Crippen LogP contribution in [0.15, 0.2) is 18.2 Å². The number of carbonyl (C=O) groups is 1. The van der Waals surface area contributed by atoms with E-state index in [0.29, 0.717) is 23.6 Å². The van der Waals surface area contributed by atoms with Crippen LogP contribution in [0, 0.1) is 0 Å². The molecule has 110 valence electrons. The van der Waals surface area contributed by atoms with Gasteiger partial charge in [0.2, 0.25) is 0 Å². The van der Waals surface area contributed by atoms with Gasteiger partial charge in [-0.05, 0) is 38.8 Å². The normalized spacial score (nSPS) is 21.2. The first-order valence-electron chi connectivity index (χ1n) is 6.79. The second-order valence-electron chi connectivity index (χ2n) is 5.77. The second kappa shape index (κ2) is 5.71. The summed E-state index contributed by atoms with van der Waals surface area (Å²) >= 11 is 0. The summed E-state index contributed by atoms with van der Waals surface area (Å²) in [4.78, 5) is 12.3. The Balaban J connectivity index is 2.06. The average Bonchev–Trinajstić information content (AvgIpc) is 2.36. The highest BCUT2D eigenvalue weighted by atomic mass is 16.5. The van der Waals surface area contributed by atoms with Crippen molar-refractivity contribution in [3.05, 3.63) is 23.8 Å². The molecule has 1 atom stereocenters. The van der Waals surface area contributed by atoms with Gasteiger partial charge >= 0.3 is 0 Å². The fourth-order valence-electron chi connectivity index (χ4n) is 2.49. The molecule has 1 aromatic rings. The van der Waals surface area contributed by atoms with E-state index in [0.717, 1.165) is 12.8 Å². The number of benzene rings is 1. The molecule has 1 fully saturated rings. The van der Waals surface area contributed by atoms with Crippen molar-refractivity contribution in [1.29, 1.82) is 0 Å². The minimum atomic E-state index is -0.191. The molecule has 0 radical (unpaired) electrons. The zero-order valence-electron chi connectivity index (χ0n) is 12.2. The van der Waals surface area contributed by atoms with Crippen LogP contribution in [-0.4, -0.2) is 31.3 Å². The van der Waals surface area contributed by atoms with Crippen molar-refractivity contribution in [3.8, 4) is 5.75 Å². The highest BCUT2D eigenvalue weighted by Crippen LogP contribution is 2.24. The third-order valence-corrected chi connectivity index (χ3v) is 3.46. The topological polar surface area (TPSA) is 73.6 Å². The number of hydrogen-bond acceptors (Lipinski definition) is 4. The Hall–Kier alpha value is -1.75. The highest BCUT2D eigenvalue weighted by molar-refractivity contribution is 5.95. The smallest absolute Gasteiger partial charge is 0.251 e. The van der Waals surface area contributed by atoms with Crippen molar-refractivity contribution in [2.24, 2.45) is 0 Å². The molecule has 0 aromatic heterocycles. The number of methoxy groups -OCH3 is 1. The SMILES string of the molecule is COc1cc(N)cc(C(=O)NC2CCOC(C)(C)C2)c1. The number of nitrogens with one attached hydrogen (secondary N) is 1. The van der Waals surface area contributed by atoms with E-state index < -0.39 is 0 Å². The summed E-state index contributed by atoms with van der Waals surface area (Å²) in [6, 6.07) is 5.16.